The summed E-state index contributed by atoms with van der Waals surface area (Å²) in [6, 6.07) is 0. The van der Waals surface area contributed by atoms with Crippen LogP contribution in [0.3, 0.4) is 0 Å². The van der Waals surface area contributed by atoms with Crippen molar-refractivity contribution in [3.05, 3.63) is 35.5 Å². The summed E-state index contributed by atoms with van der Waals surface area (Å²) in [6.45, 7) is 0. The van der Waals surface area contributed by atoms with Crippen molar-refractivity contribution in [2.24, 2.45) is 0 Å². The predicted octanol–water partition coefficient (Wildman–Crippen LogP) is 1.01. The fraction of sp³-hybridized carbons (Fsp3) is 0. The maximum Gasteiger partial charge on any atom is 0.338 e. The third-order valence-corrected chi connectivity index (χ3v) is 1.96. The van der Waals surface area contributed by atoms with Crippen LogP contribution >= 0.6 is 11.6 Å². The van der Waals surface area contributed by atoms with E-state index in [1.165, 1.54) is 29.6 Å². The van der Waals surface area contributed by atoms with Crippen LogP contribution in [0.2, 0.25) is 5.02 Å². The molecule has 2 heterocycles. The van der Waals surface area contributed by atoms with E-state index in [1.807, 2.05) is 0 Å². The Morgan fingerprint density at radius 3 is 2.87 bits per heavy atom. The highest BCUT2D eigenvalue weighted by molar-refractivity contribution is 6.32. The summed E-state index contributed by atoms with van der Waals surface area (Å²) in [7, 11) is 0. The molecular weight excluding hydrogens is 220 g/mol. The van der Waals surface area contributed by atoms with Gasteiger partial charge in [-0.1, -0.05) is 11.6 Å². The van der Waals surface area contributed by atoms with E-state index in [0.717, 1.165) is 0 Å². The van der Waals surface area contributed by atoms with E-state index in [1.54, 1.807) is 0 Å². The number of carboxylic acids is 1. The molecule has 0 bridgehead atoms. The van der Waals surface area contributed by atoms with Crippen molar-refractivity contribution >= 4 is 17.6 Å². The Hall–Kier alpha value is -1.95. The van der Waals surface area contributed by atoms with E-state index in [9.17, 15) is 4.79 Å². The first-order chi connectivity index (χ1) is 7.18. The van der Waals surface area contributed by atoms with E-state index in [2.05, 4.69) is 15.1 Å². The van der Waals surface area contributed by atoms with Crippen LogP contribution in [-0.4, -0.2) is 30.8 Å². The molecule has 0 aliphatic rings. The molecule has 15 heavy (non-hydrogen) atoms. The van der Waals surface area contributed by atoms with Gasteiger partial charge in [0, 0.05) is 6.20 Å². The highest BCUT2D eigenvalue weighted by Crippen LogP contribution is 2.15. The van der Waals surface area contributed by atoms with Crippen LogP contribution in [0.25, 0.3) is 5.82 Å². The molecule has 0 unspecified atom stereocenters. The van der Waals surface area contributed by atoms with Crippen molar-refractivity contribution in [1.82, 2.24) is 19.7 Å². The topological polar surface area (TPSA) is 80.9 Å². The van der Waals surface area contributed by atoms with E-state index in [-0.39, 0.29) is 5.56 Å². The minimum atomic E-state index is -1.05. The lowest BCUT2D eigenvalue weighted by molar-refractivity contribution is 0.0697. The molecule has 6 nitrogen and oxygen atoms in total. The van der Waals surface area contributed by atoms with Gasteiger partial charge in [-0.15, -0.1) is 0 Å². The van der Waals surface area contributed by atoms with Crippen LogP contribution in [0.5, 0.6) is 0 Å². The molecule has 1 N–H and O–H groups in total. The summed E-state index contributed by atoms with van der Waals surface area (Å²) in [5.41, 5.74) is 0.0738. The number of nitrogens with zero attached hydrogens (tertiary/aromatic N) is 4. The molecule has 0 spiro atoms. The van der Waals surface area contributed by atoms with E-state index < -0.39 is 5.97 Å². The number of rotatable bonds is 2. The number of aromatic carboxylic acids is 1. The number of hydrogen-bond donors (Lipinski definition) is 1. The lowest BCUT2D eigenvalue weighted by Crippen LogP contribution is -1.99. The Morgan fingerprint density at radius 1 is 1.47 bits per heavy atom. The maximum atomic E-state index is 10.6. The van der Waals surface area contributed by atoms with Gasteiger partial charge in [0.05, 0.1) is 18.0 Å². The van der Waals surface area contributed by atoms with Crippen molar-refractivity contribution in [3.8, 4) is 5.82 Å². The zero-order chi connectivity index (χ0) is 10.8. The van der Waals surface area contributed by atoms with Crippen molar-refractivity contribution < 1.29 is 9.90 Å². The molecule has 0 aliphatic heterocycles. The Morgan fingerprint density at radius 2 is 2.27 bits per heavy atom. The molecule has 0 saturated carbocycles. The summed E-state index contributed by atoms with van der Waals surface area (Å²) in [5, 5.41) is 12.8. The van der Waals surface area contributed by atoms with Gasteiger partial charge in [0.2, 0.25) is 0 Å². The molecule has 7 heteroatoms. The van der Waals surface area contributed by atoms with Gasteiger partial charge < -0.3 is 5.11 Å². The zero-order valence-corrected chi connectivity index (χ0v) is 8.09. The maximum absolute atomic E-state index is 10.6. The van der Waals surface area contributed by atoms with Crippen molar-refractivity contribution in [2.75, 3.05) is 0 Å². The van der Waals surface area contributed by atoms with E-state index in [4.69, 9.17) is 16.7 Å². The third kappa shape index (κ3) is 1.79. The van der Waals surface area contributed by atoms with Gasteiger partial charge in [-0.05, 0) is 0 Å². The largest absolute Gasteiger partial charge is 0.478 e. The summed E-state index contributed by atoms with van der Waals surface area (Å²) in [6.07, 6.45) is 5.27. The monoisotopic (exact) mass is 224 g/mol. The van der Waals surface area contributed by atoms with E-state index >= 15 is 0 Å². The Labute approximate surface area is 89.2 Å². The highest BCUT2D eigenvalue weighted by atomic mass is 35.5. The summed E-state index contributed by atoms with van der Waals surface area (Å²) in [5.74, 6) is -0.703. The van der Waals surface area contributed by atoms with Crippen molar-refractivity contribution in [2.45, 2.75) is 0 Å². The Bertz CT molecular complexity index is 511. The van der Waals surface area contributed by atoms with Crippen LogP contribution in [0, 0.1) is 0 Å². The second-order valence-corrected chi connectivity index (χ2v) is 3.08. The van der Waals surface area contributed by atoms with Crippen molar-refractivity contribution in [1.29, 1.82) is 0 Å². The molecule has 76 valence electrons. The summed E-state index contributed by atoms with van der Waals surface area (Å²) < 4.78 is 1.29. The van der Waals surface area contributed by atoms with Crippen LogP contribution in [0.4, 0.5) is 0 Å². The fourth-order valence-electron chi connectivity index (χ4n) is 1.02. The molecule has 0 fully saturated rings. The SMILES string of the molecule is O=C(O)c1cnn(-c2ncncc2Cl)c1. The lowest BCUT2D eigenvalue weighted by atomic mass is 10.4. The summed E-state index contributed by atoms with van der Waals surface area (Å²) in [4.78, 5) is 18.2. The molecule has 0 aliphatic carbocycles. The average Bonchev–Trinajstić information content (AvgIpc) is 2.67. The number of hydrogen-bond acceptors (Lipinski definition) is 4. The van der Waals surface area contributed by atoms with Crippen LogP contribution in [0.15, 0.2) is 24.9 Å². The fourth-order valence-corrected chi connectivity index (χ4v) is 1.22. The van der Waals surface area contributed by atoms with Gasteiger partial charge in [-0.25, -0.2) is 19.4 Å². The minimum absolute atomic E-state index is 0.0738. The molecule has 0 radical (unpaired) electrons. The standard InChI is InChI=1S/C8H5ClN4O2/c9-6-2-10-4-11-7(6)13-3-5(1-12-13)8(14)15/h1-4H,(H,14,15). The second kappa shape index (κ2) is 3.66. The second-order valence-electron chi connectivity index (χ2n) is 2.67. The molecule has 0 amide bonds. The third-order valence-electron chi connectivity index (χ3n) is 1.69. The Kier molecular flexibility index (Phi) is 2.34. The molecule has 0 aromatic carbocycles. The molecule has 0 atom stereocenters. The van der Waals surface area contributed by atoms with Gasteiger partial charge in [0.25, 0.3) is 0 Å². The van der Waals surface area contributed by atoms with Gasteiger partial charge in [-0.2, -0.15) is 5.10 Å². The molecule has 2 aromatic rings. The quantitative estimate of drug-likeness (QED) is 0.824. The predicted molar refractivity (Wildman–Crippen MR) is 51.1 cm³/mol. The van der Waals surface area contributed by atoms with Gasteiger partial charge in [0.1, 0.15) is 11.3 Å². The van der Waals surface area contributed by atoms with Crippen LogP contribution < -0.4 is 0 Å². The van der Waals surface area contributed by atoms with Crippen LogP contribution in [0.1, 0.15) is 10.4 Å². The number of carboxylic acid groups (broad SMARTS) is 1. The smallest absolute Gasteiger partial charge is 0.338 e. The molecule has 0 saturated heterocycles. The molecular formula is C8H5ClN4O2. The number of aromatic nitrogens is 4. The van der Waals surface area contributed by atoms with Crippen LogP contribution in [-0.2, 0) is 0 Å². The minimum Gasteiger partial charge on any atom is -0.478 e. The number of halogens is 1. The normalized spacial score (nSPS) is 10.2. The number of carbonyl (C=O) groups is 1. The molecule has 2 rings (SSSR count). The zero-order valence-electron chi connectivity index (χ0n) is 7.33. The average molecular weight is 225 g/mol. The highest BCUT2D eigenvalue weighted by Gasteiger charge is 2.09. The Balaban J connectivity index is 2.46. The first kappa shape index (κ1) is 9.60. The van der Waals surface area contributed by atoms with Gasteiger partial charge in [0.15, 0.2) is 5.82 Å². The molecule has 2 aromatic heterocycles. The first-order valence-electron chi connectivity index (χ1n) is 3.92. The van der Waals surface area contributed by atoms with Crippen molar-refractivity contribution in [3.63, 3.8) is 0 Å². The lowest BCUT2D eigenvalue weighted by Gasteiger charge is -2.00. The van der Waals surface area contributed by atoms with Gasteiger partial charge in [-0.3, -0.25) is 0 Å². The van der Waals surface area contributed by atoms with E-state index in [0.29, 0.717) is 10.8 Å². The summed E-state index contributed by atoms with van der Waals surface area (Å²) >= 11 is 5.81. The first-order valence-corrected chi connectivity index (χ1v) is 4.30. The van der Waals surface area contributed by atoms with Gasteiger partial charge >= 0.3 is 5.97 Å².